The number of ketones is 1. The number of carbonyl (C=O) groups is 2. The lowest BCUT2D eigenvalue weighted by molar-refractivity contribution is -0.117. The van der Waals surface area contributed by atoms with Crippen molar-refractivity contribution in [1.29, 1.82) is 0 Å². The van der Waals surface area contributed by atoms with Gasteiger partial charge in [-0.1, -0.05) is 18.2 Å². The van der Waals surface area contributed by atoms with Crippen LogP contribution in [0.3, 0.4) is 0 Å². The molecular weight excluding hydrogens is 438 g/mol. The van der Waals surface area contributed by atoms with E-state index in [0.717, 1.165) is 0 Å². The van der Waals surface area contributed by atoms with Gasteiger partial charge < -0.3 is 14.6 Å². The predicted octanol–water partition coefficient (Wildman–Crippen LogP) is 5.72. The Bertz CT molecular complexity index is 1180. The number of aliphatic hydroxyl groups excluding tert-OH is 1. The summed E-state index contributed by atoms with van der Waals surface area (Å²) in [5.74, 6) is -0.245. The lowest BCUT2D eigenvalue weighted by Gasteiger charge is -2.27. The molecule has 0 saturated carbocycles. The van der Waals surface area contributed by atoms with Crippen molar-refractivity contribution in [2.24, 2.45) is 0 Å². The van der Waals surface area contributed by atoms with E-state index >= 15 is 0 Å². The van der Waals surface area contributed by atoms with E-state index in [4.69, 9.17) is 9.47 Å². The van der Waals surface area contributed by atoms with Gasteiger partial charge in [0.05, 0.1) is 29.2 Å². The number of amides is 1. The molecule has 1 unspecified atom stereocenters. The molecule has 0 fully saturated rings. The molecule has 170 valence electrons. The normalized spacial score (nSPS) is 15.9. The topological polar surface area (TPSA) is 76.1 Å². The Hall–Kier alpha value is -3.58. The standard InChI is InChI=1S/C26H25NO5S/c1-4-31-19-12-10-18(11-13-19)27-23(17-7-5-8-20(15-17)32-16(2)3)22(25(29)26(27)30)24(28)21-9-6-14-33-21/h5-16,23,29H,4H2,1-3H3. The summed E-state index contributed by atoms with van der Waals surface area (Å²) in [5.41, 5.74) is 1.27. The van der Waals surface area contributed by atoms with E-state index in [1.807, 2.05) is 39.0 Å². The van der Waals surface area contributed by atoms with Crippen molar-refractivity contribution in [1.82, 2.24) is 0 Å². The first kappa shape index (κ1) is 22.6. The summed E-state index contributed by atoms with van der Waals surface area (Å²) in [7, 11) is 0. The van der Waals surface area contributed by atoms with Crippen LogP contribution < -0.4 is 14.4 Å². The van der Waals surface area contributed by atoms with Gasteiger partial charge in [-0.05, 0) is 74.2 Å². The zero-order chi connectivity index (χ0) is 23.5. The molecular formula is C26H25NO5S. The highest BCUT2D eigenvalue weighted by Crippen LogP contribution is 2.43. The van der Waals surface area contributed by atoms with Gasteiger partial charge in [0.25, 0.3) is 5.91 Å². The number of rotatable bonds is 8. The van der Waals surface area contributed by atoms with Crippen molar-refractivity contribution in [3.05, 3.63) is 87.8 Å². The number of aliphatic hydroxyl groups is 1. The van der Waals surface area contributed by atoms with Gasteiger partial charge in [-0.2, -0.15) is 0 Å². The average molecular weight is 464 g/mol. The van der Waals surface area contributed by atoms with E-state index in [1.165, 1.54) is 16.2 Å². The second-order valence-corrected chi connectivity index (χ2v) is 8.76. The molecule has 4 rings (SSSR count). The third-order valence-corrected chi connectivity index (χ3v) is 6.04. The van der Waals surface area contributed by atoms with Crippen molar-refractivity contribution in [2.75, 3.05) is 11.5 Å². The van der Waals surface area contributed by atoms with E-state index in [1.54, 1.807) is 47.8 Å². The highest BCUT2D eigenvalue weighted by atomic mass is 32.1. The van der Waals surface area contributed by atoms with Gasteiger partial charge in [0.15, 0.2) is 5.76 Å². The number of hydrogen-bond acceptors (Lipinski definition) is 6. The number of carbonyl (C=O) groups excluding carboxylic acids is 2. The molecule has 1 N–H and O–H groups in total. The van der Waals surface area contributed by atoms with Crippen LogP contribution in [0.1, 0.15) is 42.0 Å². The van der Waals surface area contributed by atoms with Crippen LogP contribution in [0.15, 0.2) is 77.4 Å². The monoisotopic (exact) mass is 463 g/mol. The van der Waals surface area contributed by atoms with Gasteiger partial charge in [0, 0.05) is 5.69 Å². The Labute approximate surface area is 196 Å². The van der Waals surface area contributed by atoms with Crippen LogP contribution in [-0.4, -0.2) is 29.5 Å². The van der Waals surface area contributed by atoms with Gasteiger partial charge in [-0.25, -0.2) is 0 Å². The molecule has 0 radical (unpaired) electrons. The minimum absolute atomic E-state index is 0.0381. The summed E-state index contributed by atoms with van der Waals surface area (Å²) >= 11 is 1.27. The fourth-order valence-corrected chi connectivity index (χ4v) is 4.54. The molecule has 3 aromatic rings. The van der Waals surface area contributed by atoms with Gasteiger partial charge in [-0.15, -0.1) is 11.3 Å². The minimum Gasteiger partial charge on any atom is -0.503 e. The molecule has 2 heterocycles. The zero-order valence-corrected chi connectivity index (χ0v) is 19.5. The molecule has 2 aromatic carbocycles. The van der Waals surface area contributed by atoms with Crippen LogP contribution in [0.25, 0.3) is 0 Å². The van der Waals surface area contributed by atoms with E-state index < -0.39 is 17.7 Å². The molecule has 1 aliphatic heterocycles. The predicted molar refractivity (Wildman–Crippen MR) is 128 cm³/mol. The lowest BCUT2D eigenvalue weighted by Crippen LogP contribution is -2.31. The minimum atomic E-state index is -0.805. The first-order valence-corrected chi connectivity index (χ1v) is 11.6. The maximum atomic E-state index is 13.4. The molecule has 6 nitrogen and oxygen atoms in total. The number of Topliss-reactive ketones (excluding diaryl/α,β-unsaturated/α-hetero) is 1. The zero-order valence-electron chi connectivity index (χ0n) is 18.6. The van der Waals surface area contributed by atoms with E-state index in [2.05, 4.69) is 0 Å². The van der Waals surface area contributed by atoms with Crippen molar-refractivity contribution < 1.29 is 24.2 Å². The number of benzene rings is 2. The molecule has 1 aliphatic rings. The second-order valence-electron chi connectivity index (χ2n) is 7.81. The van der Waals surface area contributed by atoms with Crippen LogP contribution in [0, 0.1) is 0 Å². The van der Waals surface area contributed by atoms with Crippen molar-refractivity contribution in [3.63, 3.8) is 0 Å². The maximum Gasteiger partial charge on any atom is 0.294 e. The maximum absolute atomic E-state index is 13.4. The van der Waals surface area contributed by atoms with Crippen molar-refractivity contribution in [2.45, 2.75) is 32.9 Å². The number of anilines is 1. The number of ether oxygens (including phenoxy) is 2. The number of nitrogens with zero attached hydrogens (tertiary/aromatic N) is 1. The second kappa shape index (κ2) is 9.50. The van der Waals surface area contributed by atoms with Gasteiger partial charge in [0.1, 0.15) is 11.5 Å². The van der Waals surface area contributed by atoms with E-state index in [9.17, 15) is 14.7 Å². The Morgan fingerprint density at radius 2 is 1.85 bits per heavy atom. The summed E-state index contributed by atoms with van der Waals surface area (Å²) < 4.78 is 11.3. The molecule has 0 aliphatic carbocycles. The molecule has 1 aromatic heterocycles. The smallest absolute Gasteiger partial charge is 0.294 e. The van der Waals surface area contributed by atoms with Crippen molar-refractivity contribution in [3.8, 4) is 11.5 Å². The summed E-state index contributed by atoms with van der Waals surface area (Å²) in [6, 6.07) is 16.9. The molecule has 7 heteroatoms. The summed E-state index contributed by atoms with van der Waals surface area (Å²) in [6.07, 6.45) is -0.0381. The number of thiophene rings is 1. The molecule has 1 amide bonds. The molecule has 0 spiro atoms. The molecule has 0 saturated heterocycles. The Morgan fingerprint density at radius 3 is 2.48 bits per heavy atom. The Morgan fingerprint density at radius 1 is 1.09 bits per heavy atom. The third kappa shape index (κ3) is 4.50. The van der Waals surface area contributed by atoms with Gasteiger partial charge in [0.2, 0.25) is 5.78 Å². The van der Waals surface area contributed by atoms with Crippen LogP contribution >= 0.6 is 11.3 Å². The fourth-order valence-electron chi connectivity index (χ4n) is 3.86. The van der Waals surface area contributed by atoms with Crippen LogP contribution in [0.5, 0.6) is 11.5 Å². The first-order chi connectivity index (χ1) is 15.9. The molecule has 1 atom stereocenters. The third-order valence-electron chi connectivity index (χ3n) is 5.17. The molecule has 0 bridgehead atoms. The van der Waals surface area contributed by atoms with Crippen LogP contribution in [0.4, 0.5) is 5.69 Å². The van der Waals surface area contributed by atoms with Crippen molar-refractivity contribution >= 4 is 28.7 Å². The van der Waals surface area contributed by atoms with Crippen LogP contribution in [-0.2, 0) is 4.79 Å². The SMILES string of the molecule is CCOc1ccc(N2C(=O)C(O)=C(C(=O)c3cccs3)C2c2cccc(OC(C)C)c2)cc1. The van der Waals surface area contributed by atoms with Gasteiger partial charge >= 0.3 is 0 Å². The van der Waals surface area contributed by atoms with E-state index in [0.29, 0.717) is 34.2 Å². The van der Waals surface area contributed by atoms with Crippen LogP contribution in [0.2, 0.25) is 0 Å². The lowest BCUT2D eigenvalue weighted by atomic mass is 9.95. The Balaban J connectivity index is 1.82. The highest BCUT2D eigenvalue weighted by Gasteiger charge is 2.45. The summed E-state index contributed by atoms with van der Waals surface area (Å²) in [5, 5.41) is 12.6. The Kier molecular flexibility index (Phi) is 6.51. The largest absolute Gasteiger partial charge is 0.503 e. The summed E-state index contributed by atoms with van der Waals surface area (Å²) in [4.78, 5) is 28.5. The quantitative estimate of drug-likeness (QED) is 0.433. The average Bonchev–Trinajstić information content (AvgIpc) is 3.42. The fraction of sp³-hybridized carbons (Fsp3) is 0.231. The first-order valence-electron chi connectivity index (χ1n) is 10.7. The van der Waals surface area contributed by atoms with Gasteiger partial charge in [-0.3, -0.25) is 14.5 Å². The molecule has 33 heavy (non-hydrogen) atoms. The van der Waals surface area contributed by atoms with E-state index in [-0.39, 0.29) is 17.5 Å². The summed E-state index contributed by atoms with van der Waals surface area (Å²) in [6.45, 7) is 6.27. The number of hydrogen-bond donors (Lipinski definition) is 1. The highest BCUT2D eigenvalue weighted by molar-refractivity contribution is 7.12.